The number of carboxylic acid groups (broad SMARTS) is 1. The van der Waals surface area contributed by atoms with Crippen LogP contribution in [0.15, 0.2) is 23.8 Å². The summed E-state index contributed by atoms with van der Waals surface area (Å²) in [5.74, 6) is -0.374. The van der Waals surface area contributed by atoms with E-state index in [1.807, 2.05) is 19.1 Å². The molecule has 1 aromatic rings. The van der Waals surface area contributed by atoms with Crippen molar-refractivity contribution in [3.8, 4) is 11.8 Å². The number of ether oxygens (including phenoxy) is 1. The van der Waals surface area contributed by atoms with Gasteiger partial charge in [0, 0.05) is 6.42 Å². The molecule has 1 atom stereocenters. The van der Waals surface area contributed by atoms with Gasteiger partial charge in [0.1, 0.15) is 23.5 Å². The van der Waals surface area contributed by atoms with Gasteiger partial charge in [0.05, 0.1) is 0 Å². The number of nitriles is 1. The Morgan fingerprint density at radius 3 is 3.06 bits per heavy atom. The molecule has 0 radical (unpaired) electrons. The van der Waals surface area contributed by atoms with Gasteiger partial charge in [-0.3, -0.25) is 0 Å². The van der Waals surface area contributed by atoms with Crippen molar-refractivity contribution in [3.63, 3.8) is 0 Å². The maximum Gasteiger partial charge on any atom is 0.346 e. The Bertz CT molecular complexity index is 540. The number of aliphatic carboxylic acids is 1. The molecule has 1 N–H and O–H groups in total. The summed E-state index contributed by atoms with van der Waals surface area (Å²) < 4.78 is 5.54. The van der Waals surface area contributed by atoms with E-state index in [0.29, 0.717) is 5.56 Å². The molecule has 86 valence electrons. The smallest absolute Gasteiger partial charge is 0.346 e. The van der Waals surface area contributed by atoms with Crippen LogP contribution in [0.5, 0.6) is 5.75 Å². The van der Waals surface area contributed by atoms with E-state index in [1.165, 1.54) is 6.08 Å². The fourth-order valence-electron chi connectivity index (χ4n) is 1.84. The number of rotatable bonds is 2. The van der Waals surface area contributed by atoms with Crippen molar-refractivity contribution in [2.24, 2.45) is 0 Å². The zero-order valence-electron chi connectivity index (χ0n) is 9.30. The van der Waals surface area contributed by atoms with E-state index in [2.05, 4.69) is 0 Å². The maximum absolute atomic E-state index is 10.7. The average Bonchev–Trinajstić information content (AvgIpc) is 2.64. The van der Waals surface area contributed by atoms with Crippen LogP contribution in [0.4, 0.5) is 0 Å². The highest BCUT2D eigenvalue weighted by molar-refractivity contribution is 5.96. The Morgan fingerprint density at radius 1 is 1.65 bits per heavy atom. The summed E-state index contributed by atoms with van der Waals surface area (Å²) in [5, 5.41) is 17.4. The Balaban J connectivity index is 2.34. The van der Waals surface area contributed by atoms with Crippen LogP contribution in [0.25, 0.3) is 6.08 Å². The minimum absolute atomic E-state index is 0.152. The molecule has 1 aromatic carbocycles. The van der Waals surface area contributed by atoms with Crippen LogP contribution in [0.1, 0.15) is 18.1 Å². The Labute approximate surface area is 98.8 Å². The first-order valence-corrected chi connectivity index (χ1v) is 5.25. The normalized spacial score (nSPS) is 18.1. The van der Waals surface area contributed by atoms with E-state index in [4.69, 9.17) is 15.1 Å². The van der Waals surface area contributed by atoms with Crippen LogP contribution in [0, 0.1) is 11.3 Å². The highest BCUT2D eigenvalue weighted by Crippen LogP contribution is 2.29. The van der Waals surface area contributed by atoms with Gasteiger partial charge in [-0.25, -0.2) is 4.79 Å². The Kier molecular flexibility index (Phi) is 2.84. The van der Waals surface area contributed by atoms with Gasteiger partial charge in [-0.15, -0.1) is 0 Å². The van der Waals surface area contributed by atoms with Crippen LogP contribution in [-0.2, 0) is 11.2 Å². The molecule has 0 saturated heterocycles. The molecule has 4 nitrogen and oxygen atoms in total. The summed E-state index contributed by atoms with van der Waals surface area (Å²) in [6.45, 7) is 1.98. The van der Waals surface area contributed by atoms with Crippen LogP contribution < -0.4 is 4.74 Å². The van der Waals surface area contributed by atoms with Crippen molar-refractivity contribution in [1.29, 1.82) is 5.26 Å². The second-order valence-electron chi connectivity index (χ2n) is 3.97. The first-order chi connectivity index (χ1) is 8.10. The average molecular weight is 229 g/mol. The fraction of sp³-hybridized carbons (Fsp3) is 0.231. The van der Waals surface area contributed by atoms with Crippen molar-refractivity contribution in [2.75, 3.05) is 0 Å². The molecule has 0 bridgehead atoms. The van der Waals surface area contributed by atoms with Crippen LogP contribution in [-0.4, -0.2) is 17.2 Å². The number of hydrogen-bond donors (Lipinski definition) is 1. The van der Waals surface area contributed by atoms with Gasteiger partial charge in [0.25, 0.3) is 0 Å². The lowest BCUT2D eigenvalue weighted by atomic mass is 10.1. The van der Waals surface area contributed by atoms with Crippen LogP contribution >= 0.6 is 0 Å². The lowest BCUT2D eigenvalue weighted by Gasteiger charge is -2.02. The van der Waals surface area contributed by atoms with E-state index >= 15 is 0 Å². The summed E-state index contributed by atoms with van der Waals surface area (Å²) >= 11 is 0. The van der Waals surface area contributed by atoms with Crippen molar-refractivity contribution in [1.82, 2.24) is 0 Å². The largest absolute Gasteiger partial charge is 0.490 e. The second kappa shape index (κ2) is 4.30. The molecule has 1 aliphatic rings. The minimum atomic E-state index is -1.21. The molecular formula is C13H11NO3. The molecule has 0 aromatic heterocycles. The van der Waals surface area contributed by atoms with Crippen molar-refractivity contribution in [3.05, 3.63) is 34.9 Å². The van der Waals surface area contributed by atoms with E-state index in [0.717, 1.165) is 17.7 Å². The van der Waals surface area contributed by atoms with Crippen molar-refractivity contribution in [2.45, 2.75) is 19.4 Å². The summed E-state index contributed by atoms with van der Waals surface area (Å²) in [5.41, 5.74) is 1.49. The standard InChI is InChI=1S/C13H11NO3/c1-8-4-10-5-9(2-3-12(10)17-8)6-11(7-14)13(15)16/h2-3,5-6,8H,4H2,1H3,(H,15,16)/b11-6-/t8-/m0/s1. The van der Waals surface area contributed by atoms with Gasteiger partial charge in [-0.2, -0.15) is 5.26 Å². The monoisotopic (exact) mass is 229 g/mol. The predicted molar refractivity (Wildman–Crippen MR) is 61.5 cm³/mol. The van der Waals surface area contributed by atoms with Gasteiger partial charge in [-0.05, 0) is 36.3 Å². The predicted octanol–water partition coefficient (Wildman–Crippen LogP) is 2.00. The van der Waals surface area contributed by atoms with Gasteiger partial charge in [0.15, 0.2) is 0 Å². The molecule has 17 heavy (non-hydrogen) atoms. The van der Waals surface area contributed by atoms with E-state index < -0.39 is 5.97 Å². The third-order valence-corrected chi connectivity index (χ3v) is 2.58. The quantitative estimate of drug-likeness (QED) is 0.622. The summed E-state index contributed by atoms with van der Waals surface area (Å²) in [6.07, 6.45) is 2.33. The SMILES string of the molecule is C[C@H]1Cc2cc(/C=C(/C#N)C(=O)O)ccc2O1. The molecule has 0 spiro atoms. The minimum Gasteiger partial charge on any atom is -0.490 e. The zero-order chi connectivity index (χ0) is 12.4. The van der Waals surface area contributed by atoms with Gasteiger partial charge >= 0.3 is 5.97 Å². The summed E-state index contributed by atoms with van der Waals surface area (Å²) in [7, 11) is 0. The first-order valence-electron chi connectivity index (χ1n) is 5.25. The number of benzene rings is 1. The maximum atomic E-state index is 10.7. The number of carbonyl (C=O) groups is 1. The zero-order valence-corrected chi connectivity index (χ0v) is 9.30. The van der Waals surface area contributed by atoms with E-state index in [9.17, 15) is 4.79 Å². The highest BCUT2D eigenvalue weighted by Gasteiger charge is 2.18. The number of fused-ring (bicyclic) bond motifs is 1. The molecule has 2 rings (SSSR count). The molecule has 0 unspecified atom stereocenters. The van der Waals surface area contributed by atoms with E-state index in [1.54, 1.807) is 12.1 Å². The van der Waals surface area contributed by atoms with Gasteiger partial charge < -0.3 is 9.84 Å². The number of nitrogens with zero attached hydrogens (tertiary/aromatic N) is 1. The highest BCUT2D eigenvalue weighted by atomic mass is 16.5. The third-order valence-electron chi connectivity index (χ3n) is 2.58. The summed E-state index contributed by atoms with van der Waals surface area (Å²) in [4.78, 5) is 10.7. The molecular weight excluding hydrogens is 218 g/mol. The summed E-state index contributed by atoms with van der Waals surface area (Å²) in [6, 6.07) is 7.07. The molecule has 0 amide bonds. The first kappa shape index (κ1) is 11.2. The number of carboxylic acids is 1. The third kappa shape index (κ3) is 2.28. The fourth-order valence-corrected chi connectivity index (χ4v) is 1.84. The number of hydrogen-bond acceptors (Lipinski definition) is 3. The molecule has 0 saturated carbocycles. The molecule has 4 heteroatoms. The Morgan fingerprint density at radius 2 is 2.41 bits per heavy atom. The van der Waals surface area contributed by atoms with Gasteiger partial charge in [0.2, 0.25) is 0 Å². The molecule has 1 aliphatic heterocycles. The van der Waals surface area contributed by atoms with Crippen LogP contribution in [0.2, 0.25) is 0 Å². The van der Waals surface area contributed by atoms with Crippen molar-refractivity contribution >= 4 is 12.0 Å². The van der Waals surface area contributed by atoms with Crippen LogP contribution in [0.3, 0.4) is 0 Å². The topological polar surface area (TPSA) is 70.3 Å². The molecule has 1 heterocycles. The van der Waals surface area contributed by atoms with Gasteiger partial charge in [-0.1, -0.05) is 6.07 Å². The molecule has 0 fully saturated rings. The second-order valence-corrected chi connectivity index (χ2v) is 3.97. The Hall–Kier alpha value is -2.28. The lowest BCUT2D eigenvalue weighted by Crippen LogP contribution is -2.05. The lowest BCUT2D eigenvalue weighted by molar-refractivity contribution is -0.132. The van der Waals surface area contributed by atoms with E-state index in [-0.39, 0.29) is 11.7 Å². The van der Waals surface area contributed by atoms with Crippen molar-refractivity contribution < 1.29 is 14.6 Å². The molecule has 0 aliphatic carbocycles.